The number of methoxy groups -OCH3 is 2. The van der Waals surface area contributed by atoms with Gasteiger partial charge in [0.25, 0.3) is 0 Å². The molecule has 0 amide bonds. The molecule has 1 N–H and O–H groups in total. The smallest absolute Gasteiger partial charge is 0.174 e. The number of fused-ring (bicyclic) bond motifs is 1. The highest BCUT2D eigenvalue weighted by atomic mass is 16.5. The Balaban J connectivity index is 1.69. The van der Waals surface area contributed by atoms with E-state index in [1.807, 2.05) is 6.07 Å². The summed E-state index contributed by atoms with van der Waals surface area (Å²) in [6.45, 7) is 2.77. The van der Waals surface area contributed by atoms with Crippen LogP contribution in [0.5, 0.6) is 28.7 Å². The summed E-state index contributed by atoms with van der Waals surface area (Å²) in [4.78, 5) is 12.7. The number of Topliss-reactive ketones (excluding diaryl/α,β-unsaturated/α-hetero) is 1. The quantitative estimate of drug-likeness (QED) is 0.452. The fourth-order valence-corrected chi connectivity index (χ4v) is 3.81. The highest BCUT2D eigenvalue weighted by molar-refractivity contribution is 6.02. The molecular formula is C25H32O6. The molecule has 1 aliphatic rings. The molecule has 2 aromatic rings. The molecule has 0 aliphatic carbocycles. The van der Waals surface area contributed by atoms with Crippen molar-refractivity contribution in [3.8, 4) is 28.7 Å². The fraction of sp³-hybridized carbons (Fsp3) is 0.480. The highest BCUT2D eigenvalue weighted by Crippen LogP contribution is 2.43. The molecule has 3 rings (SSSR count). The summed E-state index contributed by atoms with van der Waals surface area (Å²) < 4.78 is 22.6. The van der Waals surface area contributed by atoms with Crippen LogP contribution in [0.1, 0.15) is 73.9 Å². The van der Waals surface area contributed by atoms with Crippen LogP contribution in [-0.4, -0.2) is 31.7 Å². The number of carbonyl (C=O) groups is 1. The van der Waals surface area contributed by atoms with Crippen molar-refractivity contribution < 1.29 is 28.8 Å². The Morgan fingerprint density at radius 3 is 2.48 bits per heavy atom. The Bertz CT molecular complexity index is 892. The third kappa shape index (κ3) is 5.63. The predicted molar refractivity (Wildman–Crippen MR) is 119 cm³/mol. The number of phenolic OH excluding ortho intramolecular Hbond substituents is 1. The van der Waals surface area contributed by atoms with Crippen LogP contribution in [0.4, 0.5) is 0 Å². The third-order valence-corrected chi connectivity index (χ3v) is 5.52. The van der Waals surface area contributed by atoms with Crippen molar-refractivity contribution in [1.82, 2.24) is 0 Å². The van der Waals surface area contributed by atoms with Gasteiger partial charge in [-0.1, -0.05) is 45.1 Å². The predicted octanol–water partition coefficient (Wildman–Crippen LogP) is 5.86. The molecule has 0 spiro atoms. The van der Waals surface area contributed by atoms with Crippen molar-refractivity contribution in [3.63, 3.8) is 0 Å². The lowest BCUT2D eigenvalue weighted by atomic mass is 9.95. The zero-order valence-electron chi connectivity index (χ0n) is 18.6. The number of hydrogen-bond donors (Lipinski definition) is 1. The van der Waals surface area contributed by atoms with Crippen LogP contribution >= 0.6 is 0 Å². The van der Waals surface area contributed by atoms with E-state index in [4.69, 9.17) is 18.9 Å². The minimum Gasteiger partial charge on any atom is -0.507 e. The van der Waals surface area contributed by atoms with E-state index in [1.165, 1.54) is 31.7 Å². The van der Waals surface area contributed by atoms with Crippen LogP contribution in [-0.2, 0) is 0 Å². The Morgan fingerprint density at radius 2 is 1.74 bits per heavy atom. The number of aromatic hydroxyl groups is 1. The molecule has 6 nitrogen and oxygen atoms in total. The second-order valence-corrected chi connectivity index (χ2v) is 7.78. The number of ketones is 1. The largest absolute Gasteiger partial charge is 0.507 e. The molecule has 168 valence electrons. The number of rotatable bonds is 11. The van der Waals surface area contributed by atoms with E-state index in [0.29, 0.717) is 29.6 Å². The molecule has 0 saturated heterocycles. The van der Waals surface area contributed by atoms with Gasteiger partial charge in [0.05, 0.1) is 27.2 Å². The molecule has 1 atom stereocenters. The zero-order valence-corrected chi connectivity index (χ0v) is 18.6. The number of ether oxygens (including phenoxy) is 4. The van der Waals surface area contributed by atoms with E-state index in [0.717, 1.165) is 18.4 Å². The van der Waals surface area contributed by atoms with Crippen LogP contribution in [0.25, 0.3) is 0 Å². The van der Waals surface area contributed by atoms with E-state index >= 15 is 0 Å². The second-order valence-electron chi connectivity index (χ2n) is 7.78. The van der Waals surface area contributed by atoms with Gasteiger partial charge in [-0.2, -0.15) is 0 Å². The normalized spacial score (nSPS) is 15.2. The summed E-state index contributed by atoms with van der Waals surface area (Å²) in [6.07, 6.45) is 6.69. The van der Waals surface area contributed by atoms with Crippen molar-refractivity contribution in [2.45, 2.75) is 58.0 Å². The molecule has 0 bridgehead atoms. The van der Waals surface area contributed by atoms with Gasteiger partial charge >= 0.3 is 0 Å². The van der Waals surface area contributed by atoms with Gasteiger partial charge in [-0.25, -0.2) is 0 Å². The molecule has 1 heterocycles. The summed E-state index contributed by atoms with van der Waals surface area (Å²) in [5.41, 5.74) is 1.01. The second kappa shape index (κ2) is 10.9. The maximum atomic E-state index is 12.7. The summed E-state index contributed by atoms with van der Waals surface area (Å²) in [5.74, 6) is 1.75. The van der Waals surface area contributed by atoms with Crippen LogP contribution in [0, 0.1) is 0 Å². The van der Waals surface area contributed by atoms with Crippen LogP contribution < -0.4 is 18.9 Å². The highest BCUT2D eigenvalue weighted by Gasteiger charge is 2.31. The molecule has 2 aromatic carbocycles. The lowest BCUT2D eigenvalue weighted by molar-refractivity contribution is 0.0844. The first-order valence-electron chi connectivity index (χ1n) is 11.0. The molecule has 0 aromatic heterocycles. The van der Waals surface area contributed by atoms with Gasteiger partial charge in [0.1, 0.15) is 28.9 Å². The van der Waals surface area contributed by atoms with Crippen molar-refractivity contribution in [1.29, 1.82) is 0 Å². The molecule has 0 saturated carbocycles. The number of carbonyl (C=O) groups excluding carboxylic acids is 1. The average Bonchev–Trinajstić information content (AvgIpc) is 2.77. The first-order valence-corrected chi connectivity index (χ1v) is 11.0. The Hall–Kier alpha value is -2.89. The zero-order chi connectivity index (χ0) is 22.2. The Morgan fingerprint density at radius 1 is 1.00 bits per heavy atom. The summed E-state index contributed by atoms with van der Waals surface area (Å²) in [6, 6.07) is 8.63. The van der Waals surface area contributed by atoms with Crippen LogP contribution in [0.2, 0.25) is 0 Å². The van der Waals surface area contributed by atoms with Crippen LogP contribution in [0.3, 0.4) is 0 Å². The van der Waals surface area contributed by atoms with Crippen LogP contribution in [0.15, 0.2) is 30.3 Å². The lowest BCUT2D eigenvalue weighted by Gasteiger charge is -2.27. The molecule has 1 unspecified atom stereocenters. The van der Waals surface area contributed by atoms with Crippen molar-refractivity contribution >= 4 is 5.78 Å². The number of hydrogen-bond acceptors (Lipinski definition) is 6. The van der Waals surface area contributed by atoms with Gasteiger partial charge in [-0.3, -0.25) is 4.79 Å². The first kappa shape index (κ1) is 22.8. The maximum Gasteiger partial charge on any atom is 0.174 e. The molecule has 0 radical (unpaired) electrons. The number of unbranched alkanes of at least 4 members (excludes halogenated alkanes) is 5. The van der Waals surface area contributed by atoms with E-state index < -0.39 is 6.10 Å². The van der Waals surface area contributed by atoms with Gasteiger partial charge in [0, 0.05) is 12.1 Å². The van der Waals surface area contributed by atoms with Gasteiger partial charge < -0.3 is 24.1 Å². The van der Waals surface area contributed by atoms with E-state index in [-0.39, 0.29) is 23.5 Å². The lowest BCUT2D eigenvalue weighted by Crippen LogP contribution is -2.20. The molecule has 31 heavy (non-hydrogen) atoms. The van der Waals surface area contributed by atoms with E-state index in [2.05, 4.69) is 6.92 Å². The summed E-state index contributed by atoms with van der Waals surface area (Å²) in [5, 5.41) is 10.4. The summed E-state index contributed by atoms with van der Waals surface area (Å²) >= 11 is 0. The minimum absolute atomic E-state index is 0.105. The number of phenols is 1. The van der Waals surface area contributed by atoms with E-state index in [9.17, 15) is 9.90 Å². The molecule has 1 aliphatic heterocycles. The Kier molecular flexibility index (Phi) is 8.04. The third-order valence-electron chi connectivity index (χ3n) is 5.52. The monoisotopic (exact) mass is 428 g/mol. The van der Waals surface area contributed by atoms with Crippen molar-refractivity contribution in [2.75, 3.05) is 20.8 Å². The molecule has 0 fully saturated rings. The SMILES string of the molecule is CCCCCCCCOc1cc(O)c2c(c1)OC(c1ccc(OC)c(OC)c1)CC2=O. The minimum atomic E-state index is -0.479. The van der Waals surface area contributed by atoms with Gasteiger partial charge in [0.2, 0.25) is 0 Å². The summed E-state index contributed by atoms with van der Waals surface area (Å²) in [7, 11) is 3.14. The maximum absolute atomic E-state index is 12.7. The molecule has 6 heteroatoms. The van der Waals surface area contributed by atoms with Gasteiger partial charge in [0.15, 0.2) is 17.3 Å². The first-order chi connectivity index (χ1) is 15.1. The Labute approximate surface area is 184 Å². The topological polar surface area (TPSA) is 74.2 Å². The van der Waals surface area contributed by atoms with Gasteiger partial charge in [-0.05, 0) is 24.1 Å². The van der Waals surface area contributed by atoms with Crippen molar-refractivity contribution in [2.24, 2.45) is 0 Å². The molecular weight excluding hydrogens is 396 g/mol. The fourth-order valence-electron chi connectivity index (χ4n) is 3.81. The van der Waals surface area contributed by atoms with Crippen molar-refractivity contribution in [3.05, 3.63) is 41.5 Å². The number of benzene rings is 2. The standard InChI is InChI=1S/C25H32O6/c1-4-5-6-7-8-9-12-30-18-14-19(26)25-20(27)16-22(31-24(25)15-18)17-10-11-21(28-2)23(13-17)29-3/h10-11,13-15,22,26H,4-9,12,16H2,1-3H3. The average molecular weight is 429 g/mol. The van der Waals surface area contributed by atoms with E-state index in [1.54, 1.807) is 32.4 Å². The van der Waals surface area contributed by atoms with Gasteiger partial charge in [-0.15, -0.1) is 0 Å².